The van der Waals surface area contributed by atoms with Crippen molar-refractivity contribution in [2.24, 2.45) is 22.7 Å². The molecular weight excluding hydrogens is 320 g/mol. The lowest BCUT2D eigenvalue weighted by molar-refractivity contribution is -0.195. The van der Waals surface area contributed by atoms with Crippen LogP contribution in [0, 0.1) is 22.7 Å². The first-order valence-corrected chi connectivity index (χ1v) is 8.76. The number of carbonyl (C=O) groups is 2. The third-order valence-electron chi connectivity index (χ3n) is 6.79. The Morgan fingerprint density at radius 2 is 2.00 bits per heavy atom. The van der Waals surface area contributed by atoms with E-state index in [1.807, 2.05) is 24.3 Å². The molecule has 0 aromatic carbocycles. The van der Waals surface area contributed by atoms with E-state index in [0.29, 0.717) is 12.8 Å². The van der Waals surface area contributed by atoms with Crippen molar-refractivity contribution in [1.82, 2.24) is 0 Å². The first-order chi connectivity index (χ1) is 11.9. The fraction of sp³-hybridized carbons (Fsp3) is 0.500. The maximum atomic E-state index is 12.7. The van der Waals surface area contributed by atoms with Crippen molar-refractivity contribution < 1.29 is 23.5 Å². The van der Waals surface area contributed by atoms with Gasteiger partial charge in [-0.1, -0.05) is 26.0 Å². The molecule has 0 unspecified atom stereocenters. The molecule has 6 rings (SSSR count). The first kappa shape index (κ1) is 15.0. The predicted molar refractivity (Wildman–Crippen MR) is 87.1 cm³/mol. The summed E-state index contributed by atoms with van der Waals surface area (Å²) in [6.45, 7) is 4.28. The third kappa shape index (κ3) is 1.78. The van der Waals surface area contributed by atoms with E-state index >= 15 is 0 Å². The van der Waals surface area contributed by atoms with E-state index < -0.39 is 5.41 Å². The topological polar surface area (TPSA) is 65.7 Å². The number of esters is 2. The molecular formula is C20H20O5. The van der Waals surface area contributed by atoms with Crippen LogP contribution in [0.4, 0.5) is 0 Å². The predicted octanol–water partition coefficient (Wildman–Crippen LogP) is 3.34. The number of hydrogen-bond donors (Lipinski definition) is 0. The van der Waals surface area contributed by atoms with Crippen LogP contribution in [0.2, 0.25) is 0 Å². The van der Waals surface area contributed by atoms with E-state index in [1.54, 1.807) is 12.5 Å². The number of furan rings is 1. The van der Waals surface area contributed by atoms with E-state index in [-0.39, 0.29) is 41.4 Å². The van der Waals surface area contributed by atoms with Crippen LogP contribution in [0.1, 0.15) is 38.4 Å². The molecule has 6 atom stereocenters. The van der Waals surface area contributed by atoms with Crippen molar-refractivity contribution in [1.29, 1.82) is 0 Å². The van der Waals surface area contributed by atoms with Gasteiger partial charge in [-0.2, -0.15) is 0 Å². The van der Waals surface area contributed by atoms with Gasteiger partial charge in [-0.25, -0.2) is 4.79 Å². The quantitative estimate of drug-likeness (QED) is 0.579. The first-order valence-electron chi connectivity index (χ1n) is 8.76. The SMILES string of the molecule is C[C@]12CC=C3C(=O)O[C@H](c4ccoc4)C[C@@]3(C)[C@H]1[C@@H]1C=C[C@H]2C(=O)O1. The molecule has 5 heteroatoms. The third-order valence-corrected chi connectivity index (χ3v) is 6.79. The molecule has 2 bridgehead atoms. The van der Waals surface area contributed by atoms with E-state index in [0.717, 1.165) is 11.1 Å². The summed E-state index contributed by atoms with van der Waals surface area (Å²) in [4.78, 5) is 25.0. The Labute approximate surface area is 145 Å². The van der Waals surface area contributed by atoms with Crippen LogP contribution in [0.15, 0.2) is 46.8 Å². The van der Waals surface area contributed by atoms with Gasteiger partial charge in [-0.15, -0.1) is 0 Å². The number of hydrogen-bond acceptors (Lipinski definition) is 5. The van der Waals surface area contributed by atoms with E-state index in [9.17, 15) is 9.59 Å². The van der Waals surface area contributed by atoms with E-state index in [2.05, 4.69) is 13.8 Å². The van der Waals surface area contributed by atoms with Gasteiger partial charge in [-0.05, 0) is 30.4 Å². The number of ether oxygens (including phenoxy) is 2. The maximum Gasteiger partial charge on any atom is 0.334 e. The van der Waals surface area contributed by atoms with Crippen molar-refractivity contribution in [2.45, 2.75) is 38.9 Å². The summed E-state index contributed by atoms with van der Waals surface area (Å²) in [5, 5.41) is 0. The van der Waals surface area contributed by atoms with Gasteiger partial charge in [0.1, 0.15) is 12.2 Å². The highest BCUT2D eigenvalue weighted by Gasteiger charge is 2.65. The van der Waals surface area contributed by atoms with Gasteiger partial charge < -0.3 is 13.9 Å². The van der Waals surface area contributed by atoms with Gasteiger partial charge in [0, 0.05) is 22.5 Å². The van der Waals surface area contributed by atoms with Crippen LogP contribution >= 0.6 is 0 Å². The Kier molecular flexibility index (Phi) is 2.79. The maximum absolute atomic E-state index is 12.7. The molecule has 2 saturated heterocycles. The fourth-order valence-corrected chi connectivity index (χ4v) is 5.67. The molecule has 4 heterocycles. The molecule has 5 aliphatic rings. The number of allylic oxidation sites excluding steroid dienone is 1. The number of fused-ring (bicyclic) bond motifs is 2. The van der Waals surface area contributed by atoms with Crippen LogP contribution in [0.5, 0.6) is 0 Å². The highest BCUT2D eigenvalue weighted by molar-refractivity contribution is 5.92. The van der Waals surface area contributed by atoms with Gasteiger partial charge in [0.15, 0.2) is 0 Å². The highest BCUT2D eigenvalue weighted by atomic mass is 16.6. The minimum Gasteiger partial charge on any atom is -0.472 e. The number of cyclic esters (lactones) is 1. The molecule has 0 N–H and O–H groups in total. The summed E-state index contributed by atoms with van der Waals surface area (Å²) in [5.74, 6) is -0.590. The second kappa shape index (κ2) is 4.65. The summed E-state index contributed by atoms with van der Waals surface area (Å²) >= 11 is 0. The Morgan fingerprint density at radius 1 is 1.16 bits per heavy atom. The van der Waals surface area contributed by atoms with E-state index in [4.69, 9.17) is 13.9 Å². The van der Waals surface area contributed by atoms with Crippen LogP contribution in [-0.4, -0.2) is 18.0 Å². The van der Waals surface area contributed by atoms with Crippen molar-refractivity contribution in [2.75, 3.05) is 0 Å². The minimum atomic E-state index is -0.404. The lowest BCUT2D eigenvalue weighted by Gasteiger charge is -2.61. The zero-order valence-corrected chi connectivity index (χ0v) is 14.2. The highest BCUT2D eigenvalue weighted by Crippen LogP contribution is 2.64. The van der Waals surface area contributed by atoms with Gasteiger partial charge in [0.05, 0.1) is 18.4 Å². The summed E-state index contributed by atoms with van der Waals surface area (Å²) in [6.07, 6.45) is 9.94. The van der Waals surface area contributed by atoms with Crippen LogP contribution in [0.25, 0.3) is 0 Å². The van der Waals surface area contributed by atoms with E-state index in [1.165, 1.54) is 0 Å². The normalized spacial score (nSPS) is 44.5. The second-order valence-electron chi connectivity index (χ2n) is 8.14. The molecule has 0 radical (unpaired) electrons. The molecule has 2 aliphatic carbocycles. The average Bonchev–Trinajstić information content (AvgIpc) is 3.08. The number of carbonyl (C=O) groups excluding carboxylic acids is 2. The molecule has 2 fully saturated rings. The van der Waals surface area contributed by atoms with Gasteiger partial charge in [-0.3, -0.25) is 4.79 Å². The molecule has 5 nitrogen and oxygen atoms in total. The Balaban J connectivity index is 1.62. The standard InChI is InChI=1S/C20H20O5/c1-19-7-5-13-18(22)25-15(11-6-8-23-10-11)9-20(13,2)16(19)14-4-3-12(19)17(21)24-14/h3-6,8,10,12,14-16H,7,9H2,1-2H3/t12-,14-,15-,16-,19+,20+/m0/s1. The molecule has 0 saturated carbocycles. The largest absolute Gasteiger partial charge is 0.472 e. The van der Waals surface area contributed by atoms with Crippen molar-refractivity contribution in [3.05, 3.63) is 48.0 Å². The molecule has 1 aromatic rings. The molecule has 0 spiro atoms. The molecule has 0 amide bonds. The average molecular weight is 340 g/mol. The summed E-state index contributed by atoms with van der Waals surface area (Å²) in [5.41, 5.74) is 0.964. The zero-order valence-electron chi connectivity index (χ0n) is 14.2. The summed E-state index contributed by atoms with van der Waals surface area (Å²) in [6, 6.07) is 1.84. The second-order valence-corrected chi connectivity index (χ2v) is 8.14. The zero-order chi connectivity index (χ0) is 17.4. The smallest absolute Gasteiger partial charge is 0.334 e. The monoisotopic (exact) mass is 340 g/mol. The molecule has 3 aliphatic heterocycles. The van der Waals surface area contributed by atoms with Crippen LogP contribution in [0.3, 0.4) is 0 Å². The van der Waals surface area contributed by atoms with Crippen LogP contribution in [-0.2, 0) is 19.1 Å². The Hall–Kier alpha value is -2.30. The summed E-state index contributed by atoms with van der Waals surface area (Å²) < 4.78 is 16.5. The van der Waals surface area contributed by atoms with Gasteiger partial charge in [0.2, 0.25) is 0 Å². The Bertz CT molecular complexity index is 819. The molecule has 25 heavy (non-hydrogen) atoms. The van der Waals surface area contributed by atoms with Gasteiger partial charge >= 0.3 is 11.9 Å². The fourth-order valence-electron chi connectivity index (χ4n) is 5.67. The lowest BCUT2D eigenvalue weighted by Crippen LogP contribution is -2.62. The van der Waals surface area contributed by atoms with Crippen molar-refractivity contribution in [3.8, 4) is 0 Å². The van der Waals surface area contributed by atoms with Crippen LogP contribution < -0.4 is 0 Å². The minimum absolute atomic E-state index is 0.0648. The van der Waals surface area contributed by atoms with Crippen molar-refractivity contribution in [3.63, 3.8) is 0 Å². The molecule has 1 aromatic heterocycles. The molecule has 130 valence electrons. The Morgan fingerprint density at radius 3 is 2.72 bits per heavy atom. The van der Waals surface area contributed by atoms with Gasteiger partial charge in [0.25, 0.3) is 0 Å². The number of rotatable bonds is 1. The lowest BCUT2D eigenvalue weighted by atomic mass is 9.46. The van der Waals surface area contributed by atoms with Crippen molar-refractivity contribution >= 4 is 11.9 Å². The summed E-state index contributed by atoms with van der Waals surface area (Å²) in [7, 11) is 0.